The van der Waals surface area contributed by atoms with Crippen molar-refractivity contribution < 1.29 is 14.4 Å². The van der Waals surface area contributed by atoms with Crippen LogP contribution in [0.4, 0.5) is 0 Å². The fourth-order valence-electron chi connectivity index (χ4n) is 4.76. The zero-order chi connectivity index (χ0) is 23.2. The number of H-pyrrole nitrogens is 1. The standard InChI is InChI=1S/C26H30N4O3/c1-15(10-12-32-4)26(31,22-7-5-6-11-27-22)20-13-19(23-16(2)30-33-17(23)3)14-21-24(20)29-25(28-21)18-8-9-18/h5-7,11,13-15,18,31H,8-10,12H2,1-4H3,(H,28,29). The van der Waals surface area contributed by atoms with Gasteiger partial charge in [0.25, 0.3) is 0 Å². The molecule has 0 saturated heterocycles. The Bertz CT molecular complexity index is 1260. The highest BCUT2D eigenvalue weighted by Crippen LogP contribution is 2.45. The van der Waals surface area contributed by atoms with Crippen LogP contribution in [-0.2, 0) is 10.3 Å². The van der Waals surface area contributed by atoms with Gasteiger partial charge in [-0.05, 0) is 68.9 Å². The molecular formula is C26H30N4O3. The number of methoxy groups -OCH3 is 1. The summed E-state index contributed by atoms with van der Waals surface area (Å²) in [4.78, 5) is 13.1. The van der Waals surface area contributed by atoms with Gasteiger partial charge in [-0.1, -0.05) is 18.1 Å². The molecule has 2 N–H and O–H groups in total. The second kappa shape index (κ2) is 8.39. The van der Waals surface area contributed by atoms with Gasteiger partial charge >= 0.3 is 0 Å². The minimum Gasteiger partial charge on any atom is -0.385 e. The lowest BCUT2D eigenvalue weighted by Gasteiger charge is -2.35. The van der Waals surface area contributed by atoms with E-state index in [0.717, 1.165) is 57.8 Å². The highest BCUT2D eigenvalue weighted by molar-refractivity contribution is 5.87. The second-order valence-corrected chi connectivity index (χ2v) is 9.18. The molecule has 0 bridgehead atoms. The quantitative estimate of drug-likeness (QED) is 0.395. The lowest BCUT2D eigenvalue weighted by atomic mass is 9.76. The van der Waals surface area contributed by atoms with Gasteiger partial charge in [-0.25, -0.2) is 4.98 Å². The van der Waals surface area contributed by atoms with Crippen molar-refractivity contribution in [3.8, 4) is 11.1 Å². The third-order valence-corrected chi connectivity index (χ3v) is 6.83. The Hall–Kier alpha value is -3.03. The van der Waals surface area contributed by atoms with E-state index >= 15 is 0 Å². The molecule has 0 radical (unpaired) electrons. The van der Waals surface area contributed by atoms with Crippen LogP contribution in [-0.4, -0.2) is 38.9 Å². The number of aryl methyl sites for hydroxylation is 2. The van der Waals surface area contributed by atoms with Crippen LogP contribution < -0.4 is 0 Å². The number of hydrogen-bond acceptors (Lipinski definition) is 6. The van der Waals surface area contributed by atoms with Gasteiger partial charge in [0, 0.05) is 37.0 Å². The summed E-state index contributed by atoms with van der Waals surface area (Å²) in [7, 11) is 1.68. The SMILES string of the molecule is COCCC(C)C(O)(c1ccccn1)c1cc(-c2c(C)noc2C)cc2[nH]c(C3CC3)nc12. The van der Waals surface area contributed by atoms with Crippen molar-refractivity contribution in [2.24, 2.45) is 5.92 Å². The van der Waals surface area contributed by atoms with Gasteiger partial charge in [0.1, 0.15) is 17.2 Å². The predicted octanol–water partition coefficient (Wildman–Crippen LogP) is 5.02. The van der Waals surface area contributed by atoms with E-state index in [9.17, 15) is 5.11 Å². The average Bonchev–Trinajstić information content (AvgIpc) is 3.50. The summed E-state index contributed by atoms with van der Waals surface area (Å²) in [6.07, 6.45) is 4.67. The third-order valence-electron chi connectivity index (χ3n) is 6.83. The topological polar surface area (TPSA) is 97.1 Å². The van der Waals surface area contributed by atoms with E-state index in [2.05, 4.69) is 21.2 Å². The van der Waals surface area contributed by atoms with Gasteiger partial charge in [-0.15, -0.1) is 0 Å². The molecule has 3 aromatic heterocycles. The van der Waals surface area contributed by atoms with Crippen LogP contribution in [0.1, 0.15) is 60.6 Å². The lowest BCUT2D eigenvalue weighted by molar-refractivity contribution is 0.00724. The minimum atomic E-state index is -1.36. The molecule has 33 heavy (non-hydrogen) atoms. The maximum atomic E-state index is 12.5. The van der Waals surface area contributed by atoms with Crippen molar-refractivity contribution in [2.75, 3.05) is 13.7 Å². The van der Waals surface area contributed by atoms with Crippen LogP contribution in [0.15, 0.2) is 41.1 Å². The van der Waals surface area contributed by atoms with Crippen LogP contribution >= 0.6 is 0 Å². The summed E-state index contributed by atoms with van der Waals surface area (Å²) < 4.78 is 10.8. The highest BCUT2D eigenvalue weighted by atomic mass is 16.5. The Morgan fingerprint density at radius 1 is 1.27 bits per heavy atom. The molecule has 1 aliphatic rings. The Kier molecular flexibility index (Phi) is 5.54. The van der Waals surface area contributed by atoms with E-state index in [4.69, 9.17) is 14.2 Å². The molecule has 2 unspecified atom stereocenters. The molecule has 1 aromatic carbocycles. The van der Waals surface area contributed by atoms with Crippen molar-refractivity contribution in [3.63, 3.8) is 0 Å². The first-order valence-electron chi connectivity index (χ1n) is 11.5. The Balaban J connectivity index is 1.79. The monoisotopic (exact) mass is 446 g/mol. The third kappa shape index (κ3) is 3.75. The first-order chi connectivity index (χ1) is 15.9. The number of imidazole rings is 1. The van der Waals surface area contributed by atoms with Gasteiger partial charge in [0.2, 0.25) is 0 Å². The number of pyridine rings is 1. The number of aromatic amines is 1. The molecule has 1 fully saturated rings. The molecular weight excluding hydrogens is 416 g/mol. The van der Waals surface area contributed by atoms with Gasteiger partial charge in [0.05, 0.1) is 22.4 Å². The van der Waals surface area contributed by atoms with E-state index < -0.39 is 5.60 Å². The number of benzene rings is 1. The Morgan fingerprint density at radius 3 is 2.73 bits per heavy atom. The number of ether oxygens (including phenoxy) is 1. The maximum Gasteiger partial charge on any atom is 0.141 e. The minimum absolute atomic E-state index is 0.170. The van der Waals surface area contributed by atoms with Crippen molar-refractivity contribution >= 4 is 11.0 Å². The van der Waals surface area contributed by atoms with Gasteiger partial charge in [-0.3, -0.25) is 4.98 Å². The number of nitrogens with zero attached hydrogens (tertiary/aromatic N) is 3. The molecule has 0 spiro atoms. The molecule has 1 aliphatic carbocycles. The molecule has 4 aromatic rings. The predicted molar refractivity (Wildman–Crippen MR) is 126 cm³/mol. The molecule has 172 valence electrons. The van der Waals surface area contributed by atoms with Crippen LogP contribution in [0.25, 0.3) is 22.2 Å². The number of aromatic nitrogens is 4. The van der Waals surface area contributed by atoms with E-state index in [1.807, 2.05) is 45.0 Å². The van der Waals surface area contributed by atoms with Crippen LogP contribution in [0, 0.1) is 19.8 Å². The molecule has 7 heteroatoms. The van der Waals surface area contributed by atoms with E-state index in [-0.39, 0.29) is 5.92 Å². The molecule has 1 saturated carbocycles. The fraction of sp³-hybridized carbons (Fsp3) is 0.423. The van der Waals surface area contributed by atoms with E-state index in [1.165, 1.54) is 0 Å². The smallest absolute Gasteiger partial charge is 0.141 e. The van der Waals surface area contributed by atoms with Crippen LogP contribution in [0.3, 0.4) is 0 Å². The number of nitrogens with one attached hydrogen (secondary N) is 1. The van der Waals surface area contributed by atoms with Crippen molar-refractivity contribution in [3.05, 3.63) is 65.1 Å². The zero-order valence-corrected chi connectivity index (χ0v) is 19.6. The molecule has 3 heterocycles. The van der Waals surface area contributed by atoms with Gasteiger partial charge in [0.15, 0.2) is 0 Å². The van der Waals surface area contributed by atoms with Crippen molar-refractivity contribution in [1.82, 2.24) is 20.1 Å². The Labute approximate surface area is 193 Å². The molecule has 2 atom stereocenters. The van der Waals surface area contributed by atoms with Gasteiger partial charge < -0.3 is 19.4 Å². The largest absolute Gasteiger partial charge is 0.385 e. The highest BCUT2D eigenvalue weighted by Gasteiger charge is 2.41. The second-order valence-electron chi connectivity index (χ2n) is 9.18. The maximum absolute atomic E-state index is 12.5. The fourth-order valence-corrected chi connectivity index (χ4v) is 4.76. The normalized spacial score (nSPS) is 16.8. The number of fused-ring (bicyclic) bond motifs is 1. The summed E-state index contributed by atoms with van der Waals surface area (Å²) in [5, 5.41) is 16.6. The number of aliphatic hydroxyl groups is 1. The first kappa shape index (κ1) is 21.8. The van der Waals surface area contributed by atoms with Gasteiger partial charge in [-0.2, -0.15) is 0 Å². The summed E-state index contributed by atoms with van der Waals surface area (Å²) in [6, 6.07) is 9.77. The first-order valence-corrected chi connectivity index (χ1v) is 11.5. The number of rotatable bonds is 8. The zero-order valence-electron chi connectivity index (χ0n) is 19.6. The molecule has 7 nitrogen and oxygen atoms in total. The lowest BCUT2D eigenvalue weighted by Crippen LogP contribution is -2.37. The average molecular weight is 447 g/mol. The Morgan fingerprint density at radius 2 is 2.09 bits per heavy atom. The van der Waals surface area contributed by atoms with E-state index in [0.29, 0.717) is 24.6 Å². The molecule has 5 rings (SSSR count). The summed E-state index contributed by atoms with van der Waals surface area (Å²) in [6.45, 7) is 6.42. The summed E-state index contributed by atoms with van der Waals surface area (Å²) in [5.41, 5.74) is 4.35. The van der Waals surface area contributed by atoms with Crippen molar-refractivity contribution in [1.29, 1.82) is 0 Å². The summed E-state index contributed by atoms with van der Waals surface area (Å²) >= 11 is 0. The van der Waals surface area contributed by atoms with Crippen LogP contribution in [0.5, 0.6) is 0 Å². The summed E-state index contributed by atoms with van der Waals surface area (Å²) in [5.74, 6) is 2.02. The van der Waals surface area contributed by atoms with Crippen LogP contribution in [0.2, 0.25) is 0 Å². The van der Waals surface area contributed by atoms with E-state index in [1.54, 1.807) is 13.3 Å². The number of hydrogen-bond donors (Lipinski definition) is 2. The molecule has 0 amide bonds. The molecule has 0 aliphatic heterocycles. The van der Waals surface area contributed by atoms with Crippen molar-refractivity contribution in [2.45, 2.75) is 51.6 Å².